The zero-order valence-electron chi connectivity index (χ0n) is 35.9. The zero-order valence-corrected chi connectivity index (χ0v) is 36.8. The Morgan fingerprint density at radius 1 is 0.544 bits per heavy atom. The van der Waals surface area contributed by atoms with Crippen molar-refractivity contribution in [3.63, 3.8) is 0 Å². The molecular formula is C44H85O12P. The van der Waals surface area contributed by atoms with E-state index in [-0.39, 0.29) is 13.0 Å². The summed E-state index contributed by atoms with van der Waals surface area (Å²) < 4.78 is 34.1. The number of carbonyl (C=O) groups is 1. The molecule has 13 heteroatoms. The van der Waals surface area contributed by atoms with Gasteiger partial charge in [0, 0.05) is 13.0 Å². The largest absolute Gasteiger partial charge is 0.472 e. The SMILES string of the molecule is CCC/C=C\CCCCCCCC(=O)OC(COCCCCCCCCCCCCCCCCCCCCCC)COP(=O)(O)OC1C(O)C(O)C(O)C(O)C1O. The van der Waals surface area contributed by atoms with Gasteiger partial charge in [0.05, 0.1) is 13.2 Å². The number of phosphoric ester groups is 1. The molecule has 0 saturated heterocycles. The van der Waals surface area contributed by atoms with Crippen molar-refractivity contribution in [1.29, 1.82) is 0 Å². The van der Waals surface area contributed by atoms with E-state index in [0.717, 1.165) is 64.2 Å². The molecule has 6 unspecified atom stereocenters. The van der Waals surface area contributed by atoms with E-state index in [1.54, 1.807) is 0 Å². The van der Waals surface area contributed by atoms with Crippen molar-refractivity contribution >= 4 is 13.8 Å². The molecule has 12 nitrogen and oxygen atoms in total. The fourth-order valence-electron chi connectivity index (χ4n) is 7.18. The Balaban J connectivity index is 2.32. The zero-order chi connectivity index (χ0) is 42.0. The van der Waals surface area contributed by atoms with Crippen molar-refractivity contribution < 1.29 is 58.3 Å². The molecule has 0 spiro atoms. The van der Waals surface area contributed by atoms with E-state index in [4.69, 9.17) is 18.5 Å². The first-order chi connectivity index (χ1) is 27.5. The molecular weight excluding hydrogens is 751 g/mol. The predicted molar refractivity (Wildman–Crippen MR) is 226 cm³/mol. The summed E-state index contributed by atoms with van der Waals surface area (Å²) in [6.07, 6.45) is 25.9. The molecule has 0 aromatic carbocycles. The first-order valence-electron chi connectivity index (χ1n) is 23.0. The maximum absolute atomic E-state index is 12.8. The van der Waals surface area contributed by atoms with Crippen LogP contribution in [0.3, 0.4) is 0 Å². The Bertz CT molecular complexity index is 1000. The number of unbranched alkanes of at least 4 members (excludes halogenated alkanes) is 25. The minimum absolute atomic E-state index is 0.0747. The third-order valence-electron chi connectivity index (χ3n) is 10.9. The summed E-state index contributed by atoms with van der Waals surface area (Å²) in [4.78, 5) is 23.0. The van der Waals surface area contributed by atoms with Gasteiger partial charge >= 0.3 is 13.8 Å². The van der Waals surface area contributed by atoms with Crippen LogP contribution in [-0.2, 0) is 27.9 Å². The molecule has 1 fully saturated rings. The molecule has 1 aliphatic rings. The van der Waals surface area contributed by atoms with E-state index in [1.807, 2.05) is 0 Å². The van der Waals surface area contributed by atoms with Crippen molar-refractivity contribution in [2.75, 3.05) is 19.8 Å². The lowest BCUT2D eigenvalue weighted by atomic mass is 9.85. The molecule has 1 rings (SSSR count). The Labute approximate surface area is 346 Å². The Kier molecular flexibility index (Phi) is 34.0. The number of phosphoric acid groups is 1. The van der Waals surface area contributed by atoms with E-state index >= 15 is 0 Å². The lowest BCUT2D eigenvalue weighted by Crippen LogP contribution is -2.64. The van der Waals surface area contributed by atoms with Gasteiger partial charge in [0.25, 0.3) is 0 Å². The number of aliphatic hydroxyl groups is 5. The molecule has 0 aliphatic heterocycles. The van der Waals surface area contributed by atoms with E-state index in [0.29, 0.717) is 13.0 Å². The quantitative estimate of drug-likeness (QED) is 0.0149. The number of ether oxygens (including phenoxy) is 2. The molecule has 0 radical (unpaired) electrons. The van der Waals surface area contributed by atoms with Crippen LogP contribution in [0.4, 0.5) is 0 Å². The predicted octanol–water partition coefficient (Wildman–Crippen LogP) is 9.14. The second-order valence-corrected chi connectivity index (χ2v) is 17.7. The van der Waals surface area contributed by atoms with Gasteiger partial charge in [0.15, 0.2) is 0 Å². The lowest BCUT2D eigenvalue weighted by Gasteiger charge is -2.41. The fraction of sp³-hybridized carbons (Fsp3) is 0.932. The van der Waals surface area contributed by atoms with Crippen LogP contribution >= 0.6 is 7.82 Å². The van der Waals surface area contributed by atoms with Crippen molar-refractivity contribution in [1.82, 2.24) is 0 Å². The van der Waals surface area contributed by atoms with E-state index in [9.17, 15) is 39.8 Å². The summed E-state index contributed by atoms with van der Waals surface area (Å²) in [5.41, 5.74) is 0. The van der Waals surface area contributed by atoms with Gasteiger partial charge in [0.2, 0.25) is 0 Å². The first-order valence-corrected chi connectivity index (χ1v) is 24.5. The monoisotopic (exact) mass is 837 g/mol. The van der Waals surface area contributed by atoms with Crippen LogP contribution in [0, 0.1) is 0 Å². The molecule has 0 heterocycles. The maximum Gasteiger partial charge on any atom is 0.472 e. The molecule has 338 valence electrons. The van der Waals surface area contributed by atoms with E-state index < -0.39 is 63.1 Å². The number of allylic oxidation sites excluding steroid dienone is 2. The van der Waals surface area contributed by atoms with Crippen LogP contribution in [0.5, 0.6) is 0 Å². The Morgan fingerprint density at radius 2 is 0.965 bits per heavy atom. The molecule has 0 aromatic heterocycles. The van der Waals surface area contributed by atoms with Crippen molar-refractivity contribution in [3.8, 4) is 0 Å². The van der Waals surface area contributed by atoms with Gasteiger partial charge in [-0.2, -0.15) is 0 Å². The van der Waals surface area contributed by atoms with Gasteiger partial charge in [-0.1, -0.05) is 174 Å². The van der Waals surface area contributed by atoms with Crippen LogP contribution < -0.4 is 0 Å². The van der Waals surface area contributed by atoms with Crippen LogP contribution in [0.2, 0.25) is 0 Å². The smallest absolute Gasteiger partial charge is 0.457 e. The summed E-state index contributed by atoms with van der Waals surface area (Å²) in [7, 11) is -5.01. The van der Waals surface area contributed by atoms with Gasteiger partial charge < -0.3 is 39.9 Å². The van der Waals surface area contributed by atoms with Gasteiger partial charge in [-0.05, 0) is 32.1 Å². The first kappa shape index (κ1) is 54.1. The van der Waals surface area contributed by atoms with Gasteiger partial charge in [0.1, 0.15) is 42.7 Å². The average molecular weight is 837 g/mol. The maximum atomic E-state index is 12.8. The molecule has 6 atom stereocenters. The molecule has 57 heavy (non-hydrogen) atoms. The summed E-state index contributed by atoms with van der Waals surface area (Å²) in [5.74, 6) is -0.486. The fourth-order valence-corrected chi connectivity index (χ4v) is 8.15. The minimum atomic E-state index is -5.01. The number of aliphatic hydroxyl groups excluding tert-OH is 5. The van der Waals surface area contributed by atoms with Gasteiger partial charge in [-0.25, -0.2) is 4.57 Å². The van der Waals surface area contributed by atoms with Crippen LogP contribution in [0.15, 0.2) is 12.2 Å². The molecule has 1 saturated carbocycles. The normalized spacial score (nSPS) is 22.9. The molecule has 6 N–H and O–H groups in total. The highest BCUT2D eigenvalue weighted by Crippen LogP contribution is 2.47. The molecule has 1 aliphatic carbocycles. The van der Waals surface area contributed by atoms with Gasteiger partial charge in [-0.15, -0.1) is 0 Å². The third kappa shape index (κ3) is 28.3. The summed E-state index contributed by atoms with van der Waals surface area (Å²) in [6, 6.07) is 0. The number of esters is 1. The summed E-state index contributed by atoms with van der Waals surface area (Å²) in [5, 5.41) is 50.1. The highest BCUT2D eigenvalue weighted by molar-refractivity contribution is 7.47. The Morgan fingerprint density at radius 3 is 1.46 bits per heavy atom. The van der Waals surface area contributed by atoms with Crippen LogP contribution in [0.1, 0.15) is 200 Å². The standard InChI is InChI=1S/C44H85O12P/c1-3-5-7-9-11-13-15-16-17-18-19-20-21-22-23-24-26-28-30-32-34-53-35-37(55-38(45)33-31-29-27-25-14-12-10-8-6-4-2)36-54-57(51,52)56-44-42(49)40(47)39(46)41(48)43(44)50/h8,10,37,39-44,46-50H,3-7,9,11-36H2,1-2H3,(H,51,52)/b10-8-. The number of hydrogen-bond donors (Lipinski definition) is 6. The second-order valence-electron chi connectivity index (χ2n) is 16.3. The molecule has 0 bridgehead atoms. The number of rotatable bonds is 39. The summed E-state index contributed by atoms with van der Waals surface area (Å²) >= 11 is 0. The third-order valence-corrected chi connectivity index (χ3v) is 11.9. The summed E-state index contributed by atoms with van der Waals surface area (Å²) in [6.45, 7) is 4.20. The van der Waals surface area contributed by atoms with E-state index in [2.05, 4.69) is 26.0 Å². The topological polar surface area (TPSA) is 192 Å². The van der Waals surface area contributed by atoms with Crippen molar-refractivity contribution in [3.05, 3.63) is 12.2 Å². The molecule has 0 amide bonds. The highest BCUT2D eigenvalue weighted by atomic mass is 31.2. The Hall–Kier alpha value is -0.920. The lowest BCUT2D eigenvalue weighted by molar-refractivity contribution is -0.220. The molecule has 0 aromatic rings. The van der Waals surface area contributed by atoms with Crippen molar-refractivity contribution in [2.45, 2.75) is 243 Å². The van der Waals surface area contributed by atoms with Crippen LogP contribution in [-0.4, -0.2) is 98.9 Å². The van der Waals surface area contributed by atoms with Crippen molar-refractivity contribution in [2.24, 2.45) is 0 Å². The highest BCUT2D eigenvalue weighted by Gasteiger charge is 2.51. The second kappa shape index (κ2) is 35.8. The van der Waals surface area contributed by atoms with Crippen LogP contribution in [0.25, 0.3) is 0 Å². The number of hydrogen-bond acceptors (Lipinski definition) is 11. The minimum Gasteiger partial charge on any atom is -0.457 e. The number of carbonyl (C=O) groups excluding carboxylic acids is 1. The van der Waals surface area contributed by atoms with E-state index in [1.165, 1.54) is 109 Å². The average Bonchev–Trinajstić information content (AvgIpc) is 3.19. The van der Waals surface area contributed by atoms with Gasteiger partial charge in [-0.3, -0.25) is 13.8 Å².